The number of aryl methyl sites for hydroxylation is 1. The molecule has 122 valence electrons. The van der Waals surface area contributed by atoms with E-state index in [0.29, 0.717) is 5.69 Å². The van der Waals surface area contributed by atoms with Crippen LogP contribution < -0.4 is 10.0 Å². The highest BCUT2D eigenvalue weighted by molar-refractivity contribution is 9.10. The molecule has 0 radical (unpaired) electrons. The van der Waals surface area contributed by atoms with Crippen molar-refractivity contribution in [1.82, 2.24) is 4.72 Å². The van der Waals surface area contributed by atoms with Crippen molar-refractivity contribution < 1.29 is 13.2 Å². The van der Waals surface area contributed by atoms with Crippen molar-refractivity contribution in [3.8, 4) is 0 Å². The highest BCUT2D eigenvalue weighted by atomic mass is 79.9. The number of sulfonamides is 1. The molecule has 0 bridgehead atoms. The molecule has 7 heteroatoms. The van der Waals surface area contributed by atoms with Gasteiger partial charge in [-0.15, -0.1) is 0 Å². The zero-order valence-electron chi connectivity index (χ0n) is 12.7. The first-order valence-electron chi connectivity index (χ1n) is 6.93. The molecule has 0 spiro atoms. The molecule has 23 heavy (non-hydrogen) atoms. The Labute approximate surface area is 144 Å². The third-order valence-corrected chi connectivity index (χ3v) is 5.22. The molecule has 2 rings (SSSR count). The van der Waals surface area contributed by atoms with E-state index in [-0.39, 0.29) is 4.90 Å². The minimum Gasteiger partial charge on any atom is -0.325 e. The van der Waals surface area contributed by atoms with Gasteiger partial charge in [0.2, 0.25) is 15.9 Å². The quantitative estimate of drug-likeness (QED) is 0.815. The molecule has 0 aliphatic carbocycles. The number of halogens is 1. The largest absolute Gasteiger partial charge is 0.325 e. The van der Waals surface area contributed by atoms with Crippen LogP contribution in [0.15, 0.2) is 57.9 Å². The fourth-order valence-corrected chi connectivity index (χ4v) is 3.41. The smallest absolute Gasteiger partial charge is 0.242 e. The molecule has 0 aliphatic rings. The third-order valence-electron chi connectivity index (χ3n) is 3.13. The highest BCUT2D eigenvalue weighted by Crippen LogP contribution is 2.15. The maximum absolute atomic E-state index is 12.3. The van der Waals surface area contributed by atoms with Crippen LogP contribution in [0.25, 0.3) is 0 Å². The second-order valence-electron chi connectivity index (χ2n) is 5.16. The van der Waals surface area contributed by atoms with Crippen LogP contribution in [0, 0.1) is 6.92 Å². The van der Waals surface area contributed by atoms with E-state index in [1.165, 1.54) is 19.1 Å². The van der Waals surface area contributed by atoms with Crippen LogP contribution >= 0.6 is 15.9 Å². The van der Waals surface area contributed by atoms with Crippen molar-refractivity contribution in [3.63, 3.8) is 0 Å². The lowest BCUT2D eigenvalue weighted by Gasteiger charge is -2.15. The van der Waals surface area contributed by atoms with Crippen molar-refractivity contribution in [2.24, 2.45) is 0 Å². The Bertz CT molecular complexity index is 804. The predicted molar refractivity (Wildman–Crippen MR) is 93.7 cm³/mol. The number of anilines is 1. The van der Waals surface area contributed by atoms with Gasteiger partial charge in [-0.25, -0.2) is 8.42 Å². The Morgan fingerprint density at radius 3 is 2.39 bits per heavy atom. The van der Waals surface area contributed by atoms with Crippen LogP contribution in [0.2, 0.25) is 0 Å². The molecular weight excluding hydrogens is 380 g/mol. The lowest BCUT2D eigenvalue weighted by molar-refractivity contribution is -0.117. The average Bonchev–Trinajstić information content (AvgIpc) is 2.47. The molecule has 5 nitrogen and oxygen atoms in total. The fraction of sp³-hybridized carbons (Fsp3) is 0.188. The van der Waals surface area contributed by atoms with Gasteiger partial charge in [-0.2, -0.15) is 4.72 Å². The van der Waals surface area contributed by atoms with E-state index in [2.05, 4.69) is 26.0 Å². The average molecular weight is 397 g/mol. The van der Waals surface area contributed by atoms with Crippen molar-refractivity contribution in [2.45, 2.75) is 24.8 Å². The summed E-state index contributed by atoms with van der Waals surface area (Å²) in [6.07, 6.45) is 0. The van der Waals surface area contributed by atoms with Crippen LogP contribution in [-0.2, 0) is 14.8 Å². The van der Waals surface area contributed by atoms with Crippen molar-refractivity contribution in [1.29, 1.82) is 0 Å². The van der Waals surface area contributed by atoms with Crippen molar-refractivity contribution in [2.75, 3.05) is 5.32 Å². The highest BCUT2D eigenvalue weighted by Gasteiger charge is 2.22. The fourth-order valence-electron chi connectivity index (χ4n) is 1.94. The molecule has 0 saturated heterocycles. The Balaban J connectivity index is 2.06. The van der Waals surface area contributed by atoms with E-state index in [1.54, 1.807) is 18.2 Å². The lowest BCUT2D eigenvalue weighted by Crippen LogP contribution is -2.41. The molecule has 1 atom stereocenters. The van der Waals surface area contributed by atoms with Gasteiger partial charge < -0.3 is 5.32 Å². The van der Waals surface area contributed by atoms with Crippen LogP contribution in [0.3, 0.4) is 0 Å². The van der Waals surface area contributed by atoms with E-state index >= 15 is 0 Å². The zero-order chi connectivity index (χ0) is 17.0. The Kier molecular flexibility index (Phi) is 5.56. The summed E-state index contributed by atoms with van der Waals surface area (Å²) in [5.74, 6) is -0.420. The zero-order valence-corrected chi connectivity index (χ0v) is 15.1. The third kappa shape index (κ3) is 4.89. The molecule has 2 aromatic rings. The number of amides is 1. The van der Waals surface area contributed by atoms with E-state index in [4.69, 9.17) is 0 Å². The monoisotopic (exact) mass is 396 g/mol. The van der Waals surface area contributed by atoms with E-state index < -0.39 is 22.0 Å². The summed E-state index contributed by atoms with van der Waals surface area (Å²) >= 11 is 3.25. The first-order chi connectivity index (χ1) is 10.8. The molecule has 2 aromatic carbocycles. The van der Waals surface area contributed by atoms with Gasteiger partial charge in [0.1, 0.15) is 0 Å². The topological polar surface area (TPSA) is 75.3 Å². The second-order valence-corrected chi connectivity index (χ2v) is 7.79. The minimum atomic E-state index is -3.75. The Hall–Kier alpha value is -1.70. The number of hydrogen-bond acceptors (Lipinski definition) is 3. The van der Waals surface area contributed by atoms with E-state index in [0.717, 1.165) is 10.0 Å². The Morgan fingerprint density at radius 2 is 1.78 bits per heavy atom. The molecule has 0 aliphatic heterocycles. The molecule has 0 heterocycles. The Morgan fingerprint density at radius 1 is 1.13 bits per heavy atom. The standard InChI is InChI=1S/C16H17BrN2O3S/c1-11-4-3-5-14(10-11)18-16(20)12(2)19-23(21,22)15-8-6-13(17)7-9-15/h3-10,12,19H,1-2H3,(H,18,20)/t12-/m1/s1. The van der Waals surface area contributed by atoms with Crippen LogP contribution in [0.5, 0.6) is 0 Å². The number of hydrogen-bond donors (Lipinski definition) is 2. The molecule has 1 amide bonds. The summed E-state index contributed by atoms with van der Waals surface area (Å²) in [6.45, 7) is 3.41. The summed E-state index contributed by atoms with van der Waals surface area (Å²) < 4.78 is 27.7. The second kappa shape index (κ2) is 7.25. The number of rotatable bonds is 5. The molecule has 2 N–H and O–H groups in total. The van der Waals surface area contributed by atoms with Crippen molar-refractivity contribution in [3.05, 3.63) is 58.6 Å². The molecule has 0 aromatic heterocycles. The summed E-state index contributed by atoms with van der Waals surface area (Å²) in [4.78, 5) is 12.2. The van der Waals surface area contributed by atoms with Crippen molar-refractivity contribution >= 4 is 37.5 Å². The first kappa shape index (κ1) is 17.7. The van der Waals surface area contributed by atoms with E-state index in [9.17, 15) is 13.2 Å². The molecule has 0 saturated carbocycles. The number of carbonyl (C=O) groups excluding carboxylic acids is 1. The molecule has 0 unspecified atom stereocenters. The van der Waals surface area contributed by atoms with Crippen LogP contribution in [-0.4, -0.2) is 20.4 Å². The first-order valence-corrected chi connectivity index (χ1v) is 9.21. The van der Waals surface area contributed by atoms with Crippen LogP contribution in [0.1, 0.15) is 12.5 Å². The number of carbonyl (C=O) groups is 1. The van der Waals surface area contributed by atoms with Gasteiger partial charge in [-0.1, -0.05) is 28.1 Å². The normalized spacial score (nSPS) is 12.7. The minimum absolute atomic E-state index is 0.107. The molecule has 0 fully saturated rings. The summed E-state index contributed by atoms with van der Waals surface area (Å²) in [5, 5.41) is 2.69. The predicted octanol–water partition coefficient (Wildman–Crippen LogP) is 3.06. The number of benzene rings is 2. The van der Waals surface area contributed by atoms with Gasteiger partial charge in [-0.3, -0.25) is 4.79 Å². The van der Waals surface area contributed by atoms with Gasteiger partial charge in [0.25, 0.3) is 0 Å². The number of nitrogens with one attached hydrogen (secondary N) is 2. The van der Waals surface area contributed by atoms with Gasteiger partial charge in [0, 0.05) is 10.2 Å². The summed E-state index contributed by atoms with van der Waals surface area (Å²) in [5.41, 5.74) is 1.63. The molecular formula is C16H17BrN2O3S. The van der Waals surface area contributed by atoms with Gasteiger partial charge >= 0.3 is 0 Å². The SMILES string of the molecule is Cc1cccc(NC(=O)[C@@H](C)NS(=O)(=O)c2ccc(Br)cc2)c1. The van der Waals surface area contributed by atoms with Gasteiger partial charge in [0.05, 0.1) is 10.9 Å². The van der Waals surface area contributed by atoms with Gasteiger partial charge in [0.15, 0.2) is 0 Å². The summed E-state index contributed by atoms with van der Waals surface area (Å²) in [6, 6.07) is 12.6. The maximum atomic E-state index is 12.3. The van der Waals surface area contributed by atoms with Crippen LogP contribution in [0.4, 0.5) is 5.69 Å². The van der Waals surface area contributed by atoms with E-state index in [1.807, 2.05) is 25.1 Å². The summed E-state index contributed by atoms with van der Waals surface area (Å²) in [7, 11) is -3.75. The lowest BCUT2D eigenvalue weighted by atomic mass is 10.2. The maximum Gasteiger partial charge on any atom is 0.242 e. The van der Waals surface area contributed by atoms with Gasteiger partial charge in [-0.05, 0) is 55.8 Å².